The molecule has 0 atom stereocenters. The maximum absolute atomic E-state index is 13.1. The summed E-state index contributed by atoms with van der Waals surface area (Å²) in [5.41, 5.74) is 1.39. The van der Waals surface area contributed by atoms with Crippen LogP contribution in [0.25, 0.3) is 16.5 Å². The maximum atomic E-state index is 13.1. The molecule has 0 saturated heterocycles. The second kappa shape index (κ2) is 9.30. The lowest BCUT2D eigenvalue weighted by Gasteiger charge is -2.14. The van der Waals surface area contributed by atoms with Gasteiger partial charge in [0, 0.05) is 37.1 Å². The third-order valence-corrected chi connectivity index (χ3v) is 8.27. The average molecular weight is 537 g/mol. The first kappa shape index (κ1) is 24.1. The molecule has 12 heteroatoms. The van der Waals surface area contributed by atoms with Crippen LogP contribution in [-0.4, -0.2) is 33.1 Å². The fourth-order valence-corrected chi connectivity index (χ4v) is 5.92. The standard InChI is InChI=1S/C22H18Cl2N4O4S2/c1-27(2)15-4-5-16-13(11-15)9-10-28(21(16)29)18-6-3-14(12-17(18)23)25-22(30)26-34(31,32)20-8-7-19(24)33-20/h3-12H,1-2H3,(H2,25,26,30). The normalized spacial score (nSPS) is 11.4. The quantitative estimate of drug-likeness (QED) is 0.376. The number of halogens is 2. The van der Waals surface area contributed by atoms with E-state index in [9.17, 15) is 18.0 Å². The Bertz CT molecular complexity index is 1580. The Labute approximate surface area is 209 Å². The second-order valence-corrected chi connectivity index (χ2v) is 11.5. The molecule has 0 radical (unpaired) electrons. The molecule has 2 aromatic heterocycles. The maximum Gasteiger partial charge on any atom is 0.333 e. The highest BCUT2D eigenvalue weighted by Crippen LogP contribution is 2.27. The van der Waals surface area contributed by atoms with Crippen molar-refractivity contribution in [3.05, 3.63) is 80.5 Å². The molecule has 4 aromatic rings. The summed E-state index contributed by atoms with van der Waals surface area (Å²) < 4.78 is 28.1. The van der Waals surface area contributed by atoms with E-state index in [0.717, 1.165) is 22.4 Å². The highest BCUT2D eigenvalue weighted by atomic mass is 35.5. The zero-order valence-corrected chi connectivity index (χ0v) is 21.0. The van der Waals surface area contributed by atoms with E-state index in [2.05, 4.69) is 5.32 Å². The largest absolute Gasteiger partial charge is 0.378 e. The van der Waals surface area contributed by atoms with Gasteiger partial charge in [0.15, 0.2) is 0 Å². The molecular weight excluding hydrogens is 519 g/mol. The van der Waals surface area contributed by atoms with Crippen LogP contribution in [0.2, 0.25) is 9.36 Å². The number of nitrogens with one attached hydrogen (secondary N) is 2. The van der Waals surface area contributed by atoms with Crippen molar-refractivity contribution in [2.75, 3.05) is 24.3 Å². The number of benzene rings is 2. The van der Waals surface area contributed by atoms with E-state index in [1.165, 1.54) is 28.8 Å². The fraction of sp³-hybridized carbons (Fsp3) is 0.0909. The van der Waals surface area contributed by atoms with Crippen LogP contribution in [-0.2, 0) is 10.0 Å². The third-order valence-electron chi connectivity index (χ3n) is 4.91. The highest BCUT2D eigenvalue weighted by molar-refractivity contribution is 7.92. The van der Waals surface area contributed by atoms with Gasteiger partial charge in [0.25, 0.3) is 15.6 Å². The van der Waals surface area contributed by atoms with Gasteiger partial charge in [-0.25, -0.2) is 17.9 Å². The molecule has 0 fully saturated rings. The number of nitrogens with zero attached hydrogens (tertiary/aromatic N) is 2. The van der Waals surface area contributed by atoms with E-state index in [1.807, 2.05) is 41.9 Å². The van der Waals surface area contributed by atoms with E-state index in [1.54, 1.807) is 18.3 Å². The number of sulfonamides is 1. The number of urea groups is 1. The number of aromatic nitrogens is 1. The Morgan fingerprint density at radius 3 is 2.44 bits per heavy atom. The lowest BCUT2D eigenvalue weighted by Crippen LogP contribution is -2.33. The van der Waals surface area contributed by atoms with Crippen LogP contribution >= 0.6 is 34.5 Å². The molecule has 2 heterocycles. The molecular formula is C22H18Cl2N4O4S2. The van der Waals surface area contributed by atoms with Crippen molar-refractivity contribution in [3.8, 4) is 5.69 Å². The smallest absolute Gasteiger partial charge is 0.333 e. The molecule has 2 N–H and O–H groups in total. The van der Waals surface area contributed by atoms with Crippen LogP contribution in [0, 0.1) is 0 Å². The summed E-state index contributed by atoms with van der Waals surface area (Å²) in [6.45, 7) is 0. The van der Waals surface area contributed by atoms with Crippen LogP contribution in [0.15, 0.2) is 69.8 Å². The van der Waals surface area contributed by atoms with Crippen molar-refractivity contribution >= 4 is 72.7 Å². The van der Waals surface area contributed by atoms with Crippen LogP contribution in [0.3, 0.4) is 0 Å². The Morgan fingerprint density at radius 1 is 1.03 bits per heavy atom. The average Bonchev–Trinajstić information content (AvgIpc) is 3.21. The number of hydrogen-bond acceptors (Lipinski definition) is 6. The molecule has 8 nitrogen and oxygen atoms in total. The molecule has 4 rings (SSSR count). The van der Waals surface area contributed by atoms with E-state index >= 15 is 0 Å². The number of rotatable bonds is 5. The van der Waals surface area contributed by atoms with Gasteiger partial charge < -0.3 is 10.2 Å². The molecule has 0 saturated carbocycles. The monoisotopic (exact) mass is 536 g/mol. The summed E-state index contributed by atoms with van der Waals surface area (Å²) >= 11 is 13.0. The fourth-order valence-electron chi connectivity index (χ4n) is 3.25. The van der Waals surface area contributed by atoms with Gasteiger partial charge >= 0.3 is 6.03 Å². The molecule has 0 bridgehead atoms. The van der Waals surface area contributed by atoms with E-state index in [-0.39, 0.29) is 24.8 Å². The number of fused-ring (bicyclic) bond motifs is 1. The summed E-state index contributed by atoms with van der Waals surface area (Å²) in [7, 11) is -0.221. The first-order chi connectivity index (χ1) is 16.0. The number of thiophene rings is 1. The lowest BCUT2D eigenvalue weighted by atomic mass is 10.1. The number of hydrogen-bond donors (Lipinski definition) is 2. The number of carbonyl (C=O) groups is 1. The Balaban J connectivity index is 1.57. The molecule has 34 heavy (non-hydrogen) atoms. The number of anilines is 2. The summed E-state index contributed by atoms with van der Waals surface area (Å²) in [6.07, 6.45) is 1.63. The SMILES string of the molecule is CN(C)c1ccc2c(=O)n(-c3ccc(NC(=O)NS(=O)(=O)c4ccc(Cl)s4)cc3Cl)ccc2c1. The van der Waals surface area contributed by atoms with E-state index in [0.29, 0.717) is 11.1 Å². The molecule has 0 aliphatic carbocycles. The highest BCUT2D eigenvalue weighted by Gasteiger charge is 2.20. The van der Waals surface area contributed by atoms with Crippen LogP contribution in [0.1, 0.15) is 0 Å². The molecule has 2 amide bonds. The van der Waals surface area contributed by atoms with Gasteiger partial charge in [-0.3, -0.25) is 9.36 Å². The van der Waals surface area contributed by atoms with Crippen molar-refractivity contribution in [1.82, 2.24) is 9.29 Å². The van der Waals surface area contributed by atoms with Crippen LogP contribution in [0.5, 0.6) is 0 Å². The van der Waals surface area contributed by atoms with Gasteiger partial charge in [-0.15, -0.1) is 11.3 Å². The molecule has 0 unspecified atom stereocenters. The summed E-state index contributed by atoms with van der Waals surface area (Å²) in [5, 5.41) is 3.94. The summed E-state index contributed by atoms with van der Waals surface area (Å²) in [5.74, 6) is 0. The molecule has 176 valence electrons. The zero-order valence-electron chi connectivity index (χ0n) is 17.9. The first-order valence-electron chi connectivity index (χ1n) is 9.77. The van der Waals surface area contributed by atoms with Crippen LogP contribution in [0.4, 0.5) is 16.2 Å². The first-order valence-corrected chi connectivity index (χ1v) is 12.8. The number of carbonyl (C=O) groups excluding carboxylic acids is 1. The van der Waals surface area contributed by atoms with Gasteiger partial charge in [0.05, 0.1) is 15.0 Å². The van der Waals surface area contributed by atoms with Gasteiger partial charge in [-0.1, -0.05) is 23.2 Å². The Hall–Kier alpha value is -3.05. The van der Waals surface area contributed by atoms with Crippen molar-refractivity contribution < 1.29 is 13.2 Å². The van der Waals surface area contributed by atoms with Crippen molar-refractivity contribution in [3.63, 3.8) is 0 Å². The predicted molar refractivity (Wildman–Crippen MR) is 138 cm³/mol. The molecule has 0 aliphatic rings. The minimum Gasteiger partial charge on any atom is -0.378 e. The Kier molecular flexibility index (Phi) is 6.59. The predicted octanol–water partition coefficient (Wildman–Crippen LogP) is 4.94. The molecule has 0 aliphatic heterocycles. The number of pyridine rings is 1. The van der Waals surface area contributed by atoms with Crippen molar-refractivity contribution in [2.24, 2.45) is 0 Å². The minimum atomic E-state index is -4.06. The molecule has 2 aromatic carbocycles. The minimum absolute atomic E-state index is 0.0885. The third kappa shape index (κ3) is 4.90. The zero-order chi connectivity index (χ0) is 24.6. The van der Waals surface area contributed by atoms with Gasteiger partial charge in [-0.2, -0.15) is 0 Å². The van der Waals surface area contributed by atoms with E-state index in [4.69, 9.17) is 23.2 Å². The van der Waals surface area contributed by atoms with Gasteiger partial charge in [0.1, 0.15) is 4.21 Å². The van der Waals surface area contributed by atoms with Crippen molar-refractivity contribution in [2.45, 2.75) is 4.21 Å². The summed E-state index contributed by atoms with van der Waals surface area (Å²) in [4.78, 5) is 27.2. The lowest BCUT2D eigenvalue weighted by molar-refractivity contribution is 0.256. The van der Waals surface area contributed by atoms with Crippen LogP contribution < -0.4 is 20.5 Å². The molecule has 0 spiro atoms. The van der Waals surface area contributed by atoms with Crippen molar-refractivity contribution in [1.29, 1.82) is 0 Å². The van der Waals surface area contributed by atoms with Gasteiger partial charge in [-0.05, 0) is 60.0 Å². The number of amides is 2. The van der Waals surface area contributed by atoms with Gasteiger partial charge in [0.2, 0.25) is 0 Å². The topological polar surface area (TPSA) is 101 Å². The summed E-state index contributed by atoms with van der Waals surface area (Å²) in [6, 6.07) is 13.6. The Morgan fingerprint density at radius 2 is 1.79 bits per heavy atom. The second-order valence-electron chi connectivity index (χ2n) is 7.44. The van der Waals surface area contributed by atoms with E-state index < -0.39 is 16.1 Å².